The van der Waals surface area contributed by atoms with Crippen molar-refractivity contribution in [2.45, 2.75) is 33.1 Å². The molecule has 0 radical (unpaired) electrons. The molecule has 20 heavy (non-hydrogen) atoms. The molecule has 0 heterocycles. The van der Waals surface area contributed by atoms with Gasteiger partial charge in [0.15, 0.2) is 0 Å². The molecule has 2 aromatic carbocycles. The zero-order valence-electron chi connectivity index (χ0n) is 12.5. The molecule has 1 atom stereocenters. The molecule has 2 rings (SSSR count). The van der Waals surface area contributed by atoms with Gasteiger partial charge in [-0.1, -0.05) is 39.0 Å². The molecule has 0 spiro atoms. The van der Waals surface area contributed by atoms with Gasteiger partial charge in [-0.2, -0.15) is 0 Å². The number of hydrogen-bond acceptors (Lipinski definition) is 2. The first kappa shape index (κ1) is 14.4. The van der Waals surface area contributed by atoms with E-state index in [9.17, 15) is 10.2 Å². The Labute approximate surface area is 120 Å². The maximum atomic E-state index is 9.62. The van der Waals surface area contributed by atoms with Crippen molar-refractivity contribution in [3.8, 4) is 11.5 Å². The number of rotatable bonds is 3. The lowest BCUT2D eigenvalue weighted by Crippen LogP contribution is -2.30. The first-order chi connectivity index (χ1) is 9.35. The van der Waals surface area contributed by atoms with Gasteiger partial charge in [-0.25, -0.2) is 0 Å². The summed E-state index contributed by atoms with van der Waals surface area (Å²) < 4.78 is 0. The van der Waals surface area contributed by atoms with Gasteiger partial charge in [-0.05, 0) is 53.8 Å². The maximum absolute atomic E-state index is 9.62. The Hall–Kier alpha value is -1.96. The monoisotopic (exact) mass is 270 g/mol. The molecule has 0 bridgehead atoms. The molecule has 0 aliphatic rings. The molecule has 0 aliphatic carbocycles. The predicted octanol–water partition coefficient (Wildman–Crippen LogP) is 4.37. The second kappa shape index (κ2) is 5.20. The smallest absolute Gasteiger partial charge is 0.115 e. The molecule has 1 unspecified atom stereocenters. The summed E-state index contributed by atoms with van der Waals surface area (Å²) in [6, 6.07) is 12.9. The topological polar surface area (TPSA) is 40.5 Å². The van der Waals surface area contributed by atoms with E-state index in [-0.39, 0.29) is 11.2 Å². The lowest BCUT2D eigenvalue weighted by atomic mass is 9.67. The Balaban J connectivity index is 2.63. The van der Waals surface area contributed by atoms with Gasteiger partial charge in [0.2, 0.25) is 0 Å². The molecule has 0 amide bonds. The number of aromatic hydroxyl groups is 2. The number of aryl methyl sites for hydroxylation is 1. The number of phenols is 2. The van der Waals surface area contributed by atoms with Crippen LogP contribution < -0.4 is 0 Å². The van der Waals surface area contributed by atoms with Crippen LogP contribution in [-0.2, 0) is 5.41 Å². The maximum Gasteiger partial charge on any atom is 0.115 e. The van der Waals surface area contributed by atoms with E-state index in [1.807, 2.05) is 25.1 Å². The number of hydrogen-bond donors (Lipinski definition) is 2. The van der Waals surface area contributed by atoms with Crippen LogP contribution in [0.4, 0.5) is 0 Å². The lowest BCUT2D eigenvalue weighted by molar-refractivity contribution is 0.401. The van der Waals surface area contributed by atoms with Crippen molar-refractivity contribution in [2.75, 3.05) is 0 Å². The second-order valence-corrected chi connectivity index (χ2v) is 5.90. The fourth-order valence-corrected chi connectivity index (χ4v) is 2.84. The minimum atomic E-state index is -0.161. The summed E-state index contributed by atoms with van der Waals surface area (Å²) in [4.78, 5) is 0. The molecule has 106 valence electrons. The van der Waals surface area contributed by atoms with Crippen molar-refractivity contribution in [1.82, 2.24) is 0 Å². The van der Waals surface area contributed by atoms with E-state index in [1.165, 1.54) is 11.1 Å². The van der Waals surface area contributed by atoms with E-state index in [2.05, 4.69) is 20.8 Å². The highest BCUT2D eigenvalue weighted by atomic mass is 16.3. The van der Waals surface area contributed by atoms with Crippen LogP contribution >= 0.6 is 0 Å². The van der Waals surface area contributed by atoms with Crippen LogP contribution in [0.3, 0.4) is 0 Å². The summed E-state index contributed by atoms with van der Waals surface area (Å²) >= 11 is 0. The van der Waals surface area contributed by atoms with Crippen molar-refractivity contribution in [2.24, 2.45) is 5.92 Å². The Bertz CT molecular complexity index is 599. The van der Waals surface area contributed by atoms with Crippen molar-refractivity contribution < 1.29 is 10.2 Å². The third-order valence-electron chi connectivity index (χ3n) is 4.39. The van der Waals surface area contributed by atoms with Crippen LogP contribution in [0.5, 0.6) is 11.5 Å². The largest absolute Gasteiger partial charge is 0.508 e. The van der Waals surface area contributed by atoms with Crippen molar-refractivity contribution >= 4 is 0 Å². The molecule has 0 aliphatic heterocycles. The quantitative estimate of drug-likeness (QED) is 0.869. The zero-order chi connectivity index (χ0) is 14.9. The van der Waals surface area contributed by atoms with Gasteiger partial charge in [0.1, 0.15) is 11.5 Å². The highest BCUT2D eigenvalue weighted by Gasteiger charge is 2.33. The van der Waals surface area contributed by atoms with Crippen LogP contribution in [-0.4, -0.2) is 10.2 Å². The normalized spacial score (nSPS) is 14.2. The van der Waals surface area contributed by atoms with E-state index in [0.29, 0.717) is 11.7 Å². The Morgan fingerprint density at radius 1 is 0.900 bits per heavy atom. The van der Waals surface area contributed by atoms with Gasteiger partial charge in [-0.15, -0.1) is 0 Å². The standard InChI is InChI=1S/C18H22O2/c1-12(2)18(4,14-5-7-15(19)8-6-14)17-10-9-16(20)11-13(17)3/h5-12,19-20H,1-4H3. The van der Waals surface area contributed by atoms with E-state index < -0.39 is 0 Å². The van der Waals surface area contributed by atoms with E-state index >= 15 is 0 Å². The molecule has 0 saturated carbocycles. The molecule has 0 aromatic heterocycles. The Morgan fingerprint density at radius 3 is 1.95 bits per heavy atom. The highest BCUT2D eigenvalue weighted by molar-refractivity contribution is 5.46. The minimum absolute atomic E-state index is 0.161. The van der Waals surface area contributed by atoms with Crippen LogP contribution in [0.25, 0.3) is 0 Å². The van der Waals surface area contributed by atoms with E-state index in [0.717, 1.165) is 5.56 Å². The number of benzene rings is 2. The third kappa shape index (κ3) is 2.38. The molecule has 0 fully saturated rings. The van der Waals surface area contributed by atoms with Gasteiger partial charge in [0.25, 0.3) is 0 Å². The van der Waals surface area contributed by atoms with Gasteiger partial charge in [0.05, 0.1) is 0 Å². The second-order valence-electron chi connectivity index (χ2n) is 5.90. The minimum Gasteiger partial charge on any atom is -0.508 e. The Morgan fingerprint density at radius 2 is 1.45 bits per heavy atom. The fraction of sp³-hybridized carbons (Fsp3) is 0.333. The summed E-state index contributed by atoms with van der Waals surface area (Å²) in [5.41, 5.74) is 3.29. The fourth-order valence-electron chi connectivity index (χ4n) is 2.84. The summed E-state index contributed by atoms with van der Waals surface area (Å²) in [6.45, 7) is 8.62. The first-order valence-electron chi connectivity index (χ1n) is 6.95. The molecule has 0 saturated heterocycles. The van der Waals surface area contributed by atoms with Crippen molar-refractivity contribution in [3.05, 3.63) is 59.2 Å². The lowest BCUT2D eigenvalue weighted by Gasteiger charge is -2.36. The molecule has 2 nitrogen and oxygen atoms in total. The SMILES string of the molecule is Cc1cc(O)ccc1C(C)(c1ccc(O)cc1)C(C)C. The summed E-state index contributed by atoms with van der Waals surface area (Å²) in [5.74, 6) is 0.959. The summed E-state index contributed by atoms with van der Waals surface area (Å²) in [5, 5.41) is 19.1. The molecular formula is C18H22O2. The summed E-state index contributed by atoms with van der Waals surface area (Å²) in [7, 11) is 0. The van der Waals surface area contributed by atoms with Gasteiger partial charge >= 0.3 is 0 Å². The average Bonchev–Trinajstić information content (AvgIpc) is 2.38. The van der Waals surface area contributed by atoms with E-state index in [1.54, 1.807) is 24.3 Å². The molecular weight excluding hydrogens is 248 g/mol. The van der Waals surface area contributed by atoms with Gasteiger partial charge in [-0.3, -0.25) is 0 Å². The van der Waals surface area contributed by atoms with Crippen LogP contribution in [0.1, 0.15) is 37.5 Å². The summed E-state index contributed by atoms with van der Waals surface area (Å²) in [6.07, 6.45) is 0. The molecule has 2 heteroatoms. The predicted molar refractivity (Wildman–Crippen MR) is 82.2 cm³/mol. The molecule has 2 aromatic rings. The van der Waals surface area contributed by atoms with E-state index in [4.69, 9.17) is 0 Å². The first-order valence-corrected chi connectivity index (χ1v) is 6.95. The van der Waals surface area contributed by atoms with Crippen LogP contribution in [0, 0.1) is 12.8 Å². The van der Waals surface area contributed by atoms with Crippen molar-refractivity contribution in [3.63, 3.8) is 0 Å². The zero-order valence-corrected chi connectivity index (χ0v) is 12.5. The average molecular weight is 270 g/mol. The Kier molecular flexibility index (Phi) is 3.76. The third-order valence-corrected chi connectivity index (χ3v) is 4.39. The van der Waals surface area contributed by atoms with Crippen LogP contribution in [0.2, 0.25) is 0 Å². The number of phenolic OH excluding ortho intramolecular Hbond substituents is 2. The van der Waals surface area contributed by atoms with Crippen molar-refractivity contribution in [1.29, 1.82) is 0 Å². The van der Waals surface area contributed by atoms with Crippen LogP contribution in [0.15, 0.2) is 42.5 Å². The van der Waals surface area contributed by atoms with Gasteiger partial charge in [0, 0.05) is 5.41 Å². The van der Waals surface area contributed by atoms with Gasteiger partial charge < -0.3 is 10.2 Å². The molecule has 2 N–H and O–H groups in total. The highest BCUT2D eigenvalue weighted by Crippen LogP contribution is 2.41.